The highest BCUT2D eigenvalue weighted by Crippen LogP contribution is 2.26. The van der Waals surface area contributed by atoms with Crippen molar-refractivity contribution in [3.8, 4) is 0 Å². The first-order valence-electron chi connectivity index (χ1n) is 9.88. The van der Waals surface area contributed by atoms with Gasteiger partial charge in [-0.05, 0) is 37.7 Å². The molecule has 0 radical (unpaired) electrons. The van der Waals surface area contributed by atoms with E-state index in [1.807, 2.05) is 49.4 Å². The molecule has 1 amide bonds. The van der Waals surface area contributed by atoms with Crippen LogP contribution in [0.1, 0.15) is 28.9 Å². The number of anilines is 2. The van der Waals surface area contributed by atoms with E-state index in [4.69, 9.17) is 5.73 Å². The van der Waals surface area contributed by atoms with E-state index in [0.717, 1.165) is 42.9 Å². The van der Waals surface area contributed by atoms with Gasteiger partial charge in [0, 0.05) is 37.1 Å². The van der Waals surface area contributed by atoms with Gasteiger partial charge in [0.05, 0.1) is 11.6 Å². The third kappa shape index (κ3) is 4.14. The number of nitrogens with zero attached hydrogens (tertiary/aromatic N) is 4. The highest BCUT2D eigenvalue weighted by Gasteiger charge is 2.20. The second kappa shape index (κ2) is 8.05. The topological polar surface area (TPSA) is 87.4 Å². The smallest absolute Gasteiger partial charge is 0.251 e. The van der Waals surface area contributed by atoms with E-state index in [-0.39, 0.29) is 17.9 Å². The second-order valence-electron chi connectivity index (χ2n) is 7.53. The van der Waals surface area contributed by atoms with Crippen molar-refractivity contribution in [2.24, 2.45) is 0 Å². The number of hydrogen-bond acceptors (Lipinski definition) is 6. The summed E-state index contributed by atoms with van der Waals surface area (Å²) in [4.78, 5) is 26.2. The van der Waals surface area contributed by atoms with Crippen molar-refractivity contribution < 1.29 is 4.79 Å². The van der Waals surface area contributed by atoms with E-state index in [0.29, 0.717) is 11.1 Å². The number of carbonyl (C=O) groups is 1. The standard InChI is InChI=1S/C22H26N6O/c1-15(16-6-4-3-5-7-16)24-21(29)17-8-9-18-19(14-17)25-22(23)26-20(18)28-12-10-27(2)11-13-28/h3-9,14-15H,10-13H2,1-2H3,(H,24,29)(H2,23,25,26). The van der Waals surface area contributed by atoms with E-state index in [1.54, 1.807) is 6.07 Å². The molecule has 0 bridgehead atoms. The highest BCUT2D eigenvalue weighted by atomic mass is 16.1. The predicted octanol–water partition coefficient (Wildman–Crippen LogP) is 2.45. The fourth-order valence-electron chi connectivity index (χ4n) is 3.64. The van der Waals surface area contributed by atoms with Gasteiger partial charge in [-0.25, -0.2) is 4.98 Å². The van der Waals surface area contributed by atoms with E-state index in [9.17, 15) is 4.79 Å². The van der Waals surface area contributed by atoms with Gasteiger partial charge in [0.15, 0.2) is 0 Å². The van der Waals surface area contributed by atoms with Crippen LogP contribution in [-0.2, 0) is 0 Å². The summed E-state index contributed by atoms with van der Waals surface area (Å²) >= 11 is 0. The van der Waals surface area contributed by atoms with E-state index in [1.165, 1.54) is 0 Å². The van der Waals surface area contributed by atoms with Crippen LogP contribution >= 0.6 is 0 Å². The Morgan fingerprint density at radius 2 is 1.79 bits per heavy atom. The molecule has 1 aliphatic rings. The van der Waals surface area contributed by atoms with Gasteiger partial charge in [0.25, 0.3) is 5.91 Å². The molecule has 1 aromatic heterocycles. The molecule has 0 saturated carbocycles. The normalized spacial score (nSPS) is 16.0. The molecule has 7 heteroatoms. The summed E-state index contributed by atoms with van der Waals surface area (Å²) in [6, 6.07) is 15.4. The molecule has 1 unspecified atom stereocenters. The number of nitrogens with one attached hydrogen (secondary N) is 1. The number of nitrogens with two attached hydrogens (primary N) is 1. The second-order valence-corrected chi connectivity index (χ2v) is 7.53. The molecule has 3 N–H and O–H groups in total. The summed E-state index contributed by atoms with van der Waals surface area (Å²) in [6.07, 6.45) is 0. The Kier molecular flexibility index (Phi) is 5.31. The average Bonchev–Trinajstić information content (AvgIpc) is 2.73. The van der Waals surface area contributed by atoms with Crippen LogP contribution in [0.4, 0.5) is 11.8 Å². The first kappa shape index (κ1) is 19.1. The van der Waals surface area contributed by atoms with Gasteiger partial charge < -0.3 is 20.9 Å². The van der Waals surface area contributed by atoms with Crippen LogP contribution in [0.2, 0.25) is 0 Å². The van der Waals surface area contributed by atoms with Gasteiger partial charge in [-0.3, -0.25) is 4.79 Å². The van der Waals surface area contributed by atoms with Gasteiger partial charge in [-0.1, -0.05) is 30.3 Å². The molecular formula is C22H26N6O. The van der Waals surface area contributed by atoms with Crippen molar-refractivity contribution >= 4 is 28.6 Å². The van der Waals surface area contributed by atoms with Crippen molar-refractivity contribution in [2.45, 2.75) is 13.0 Å². The zero-order chi connectivity index (χ0) is 20.4. The minimum Gasteiger partial charge on any atom is -0.368 e. The van der Waals surface area contributed by atoms with Crippen LogP contribution < -0.4 is 16.0 Å². The maximum absolute atomic E-state index is 12.8. The molecule has 7 nitrogen and oxygen atoms in total. The molecule has 1 fully saturated rings. The van der Waals surface area contributed by atoms with Crippen LogP contribution in [0.5, 0.6) is 0 Å². The Hall–Kier alpha value is -3.19. The maximum Gasteiger partial charge on any atom is 0.251 e. The largest absolute Gasteiger partial charge is 0.368 e. The molecule has 2 aromatic carbocycles. The van der Waals surface area contributed by atoms with Crippen molar-refractivity contribution in [3.05, 3.63) is 59.7 Å². The Labute approximate surface area is 170 Å². The summed E-state index contributed by atoms with van der Waals surface area (Å²) in [7, 11) is 2.12. The minimum atomic E-state index is -0.137. The number of fused-ring (bicyclic) bond motifs is 1. The molecule has 0 aliphatic carbocycles. The number of hydrogen-bond donors (Lipinski definition) is 2. The monoisotopic (exact) mass is 390 g/mol. The molecule has 1 aliphatic heterocycles. The summed E-state index contributed by atoms with van der Waals surface area (Å²) in [5.41, 5.74) is 8.29. The fourth-order valence-corrected chi connectivity index (χ4v) is 3.64. The zero-order valence-electron chi connectivity index (χ0n) is 16.8. The first-order chi connectivity index (χ1) is 14.0. The van der Waals surface area contributed by atoms with Crippen molar-refractivity contribution in [1.29, 1.82) is 0 Å². The quantitative estimate of drug-likeness (QED) is 0.712. The number of carbonyl (C=O) groups excluding carboxylic acids is 1. The average molecular weight is 390 g/mol. The van der Waals surface area contributed by atoms with Gasteiger partial charge in [0.1, 0.15) is 5.82 Å². The van der Waals surface area contributed by atoms with E-state index < -0.39 is 0 Å². The number of likely N-dealkylation sites (N-methyl/N-ethyl adjacent to an activating group) is 1. The molecule has 4 rings (SSSR count). The molecule has 3 aromatic rings. The summed E-state index contributed by atoms with van der Waals surface area (Å²) in [5.74, 6) is 0.924. The molecule has 150 valence electrons. The summed E-state index contributed by atoms with van der Waals surface area (Å²) in [6.45, 7) is 5.70. The molecule has 2 heterocycles. The number of aromatic nitrogens is 2. The molecule has 1 atom stereocenters. The third-order valence-corrected chi connectivity index (χ3v) is 5.41. The molecule has 1 saturated heterocycles. The summed E-state index contributed by atoms with van der Waals surface area (Å²) in [5, 5.41) is 3.96. The Morgan fingerprint density at radius 3 is 2.52 bits per heavy atom. The van der Waals surface area contributed by atoms with Crippen LogP contribution in [0.3, 0.4) is 0 Å². The van der Waals surface area contributed by atoms with Crippen molar-refractivity contribution in [3.63, 3.8) is 0 Å². The van der Waals surface area contributed by atoms with E-state index in [2.05, 4.69) is 32.1 Å². The zero-order valence-corrected chi connectivity index (χ0v) is 16.8. The van der Waals surface area contributed by atoms with Gasteiger partial charge in [0.2, 0.25) is 5.95 Å². The van der Waals surface area contributed by atoms with E-state index >= 15 is 0 Å². The Bertz CT molecular complexity index is 1010. The van der Waals surface area contributed by atoms with Crippen LogP contribution in [0, 0.1) is 0 Å². The minimum absolute atomic E-state index is 0.0873. The molecule has 29 heavy (non-hydrogen) atoms. The third-order valence-electron chi connectivity index (χ3n) is 5.41. The van der Waals surface area contributed by atoms with Gasteiger partial charge in [-0.2, -0.15) is 4.98 Å². The van der Waals surface area contributed by atoms with Gasteiger partial charge >= 0.3 is 0 Å². The number of rotatable bonds is 4. The van der Waals surface area contributed by atoms with Gasteiger partial charge in [-0.15, -0.1) is 0 Å². The fraction of sp³-hybridized carbons (Fsp3) is 0.318. The van der Waals surface area contributed by atoms with Crippen molar-refractivity contribution in [2.75, 3.05) is 43.9 Å². The Balaban J connectivity index is 1.60. The number of piperazine rings is 1. The van der Waals surface area contributed by atoms with Crippen LogP contribution in [0.15, 0.2) is 48.5 Å². The lowest BCUT2D eigenvalue weighted by Crippen LogP contribution is -2.45. The lowest BCUT2D eigenvalue weighted by atomic mass is 10.1. The number of amides is 1. The highest BCUT2D eigenvalue weighted by molar-refractivity contribution is 6.00. The van der Waals surface area contributed by atoms with Crippen molar-refractivity contribution in [1.82, 2.24) is 20.2 Å². The lowest BCUT2D eigenvalue weighted by molar-refractivity contribution is 0.0940. The maximum atomic E-state index is 12.8. The molecular weight excluding hydrogens is 364 g/mol. The van der Waals surface area contributed by atoms with Crippen LogP contribution in [-0.4, -0.2) is 54.0 Å². The Morgan fingerprint density at radius 1 is 1.07 bits per heavy atom. The number of benzene rings is 2. The predicted molar refractivity (Wildman–Crippen MR) is 116 cm³/mol. The number of nitrogen functional groups attached to an aromatic ring is 1. The molecule has 0 spiro atoms. The van der Waals surface area contributed by atoms with Crippen LogP contribution in [0.25, 0.3) is 10.9 Å². The first-order valence-corrected chi connectivity index (χ1v) is 9.88. The SMILES string of the molecule is CC(NC(=O)c1ccc2c(N3CCN(C)CC3)nc(N)nc2c1)c1ccccc1. The lowest BCUT2D eigenvalue weighted by Gasteiger charge is -2.33. The summed E-state index contributed by atoms with van der Waals surface area (Å²) < 4.78 is 0.